The molecule has 3 N–H and O–H groups in total. The average molecular weight is 543 g/mol. The molecular weight excluding hydrogens is 520 g/mol. The molecular formula is C23H23BrClF2N3O3. The number of amides is 1. The minimum atomic E-state index is -0.730. The molecule has 0 unspecified atom stereocenters. The quantitative estimate of drug-likeness (QED) is 0.469. The predicted octanol–water partition coefficient (Wildman–Crippen LogP) is 4.18. The second-order valence-corrected chi connectivity index (χ2v) is 7.97. The van der Waals surface area contributed by atoms with Gasteiger partial charge in [-0.2, -0.15) is 0 Å². The summed E-state index contributed by atoms with van der Waals surface area (Å²) in [6.07, 6.45) is 0. The third kappa shape index (κ3) is 5.98. The smallest absolute Gasteiger partial charge is 0.273 e. The number of nitrogens with one attached hydrogen (secondary N) is 1. The molecule has 33 heavy (non-hydrogen) atoms. The number of carbonyl (C=O) groups excluding carboxylic acids is 1. The van der Waals surface area contributed by atoms with Crippen molar-refractivity contribution in [1.29, 1.82) is 0 Å². The maximum atomic E-state index is 13.9. The summed E-state index contributed by atoms with van der Waals surface area (Å²) >= 11 is 3.27. The van der Waals surface area contributed by atoms with Crippen LogP contribution in [0.4, 0.5) is 8.78 Å². The third-order valence-electron chi connectivity index (χ3n) is 4.84. The van der Waals surface area contributed by atoms with Crippen molar-refractivity contribution < 1.29 is 18.3 Å². The van der Waals surface area contributed by atoms with Crippen LogP contribution in [0.25, 0.3) is 5.69 Å². The second-order valence-electron chi connectivity index (χ2n) is 7.17. The minimum Gasteiger partial charge on any atom is -0.487 e. The van der Waals surface area contributed by atoms with Gasteiger partial charge in [-0.3, -0.25) is 14.2 Å². The standard InChI is InChI=1S/C23H22BrF2N3O3.ClH/c1-13-3-4-15(22(30)28-8-7-27)10-19(13)29-14(2)9-20(21(24)23(29)31)32-12-16-5-6-17(25)11-18(16)26;/h3-6,9-11H,7-8,12,27H2,1-2H3,(H,28,30);1H. The van der Waals surface area contributed by atoms with Gasteiger partial charge >= 0.3 is 0 Å². The summed E-state index contributed by atoms with van der Waals surface area (Å²) in [5.41, 5.74) is 7.48. The van der Waals surface area contributed by atoms with Crippen molar-refractivity contribution in [3.63, 3.8) is 0 Å². The van der Waals surface area contributed by atoms with Crippen LogP contribution in [0.2, 0.25) is 0 Å². The highest BCUT2D eigenvalue weighted by Gasteiger charge is 2.17. The molecule has 3 aromatic rings. The number of nitrogens with two attached hydrogens (primary N) is 1. The highest BCUT2D eigenvalue weighted by atomic mass is 79.9. The number of rotatable bonds is 7. The van der Waals surface area contributed by atoms with Crippen molar-refractivity contribution in [2.24, 2.45) is 5.73 Å². The Morgan fingerprint density at radius 1 is 1.15 bits per heavy atom. The SMILES string of the molecule is Cc1ccc(C(=O)NCCN)cc1-n1c(C)cc(OCc2ccc(F)cc2F)c(Br)c1=O.Cl. The highest BCUT2D eigenvalue weighted by Crippen LogP contribution is 2.26. The summed E-state index contributed by atoms with van der Waals surface area (Å²) < 4.78 is 34.2. The van der Waals surface area contributed by atoms with E-state index in [4.69, 9.17) is 10.5 Å². The van der Waals surface area contributed by atoms with Crippen LogP contribution < -0.4 is 21.3 Å². The van der Waals surface area contributed by atoms with Gasteiger partial charge in [-0.05, 0) is 59.6 Å². The van der Waals surface area contributed by atoms with E-state index in [1.54, 1.807) is 31.2 Å². The van der Waals surface area contributed by atoms with Crippen LogP contribution in [-0.2, 0) is 6.61 Å². The van der Waals surface area contributed by atoms with E-state index >= 15 is 0 Å². The molecule has 0 fully saturated rings. The number of ether oxygens (including phenoxy) is 1. The fraction of sp³-hybridized carbons (Fsp3) is 0.217. The predicted molar refractivity (Wildman–Crippen MR) is 129 cm³/mol. The molecule has 0 aliphatic carbocycles. The van der Waals surface area contributed by atoms with Crippen molar-refractivity contribution in [2.45, 2.75) is 20.5 Å². The van der Waals surface area contributed by atoms with Gasteiger partial charge in [0, 0.05) is 42.0 Å². The van der Waals surface area contributed by atoms with Crippen LogP contribution in [0, 0.1) is 25.5 Å². The van der Waals surface area contributed by atoms with E-state index in [0.717, 1.165) is 17.7 Å². The van der Waals surface area contributed by atoms with Crippen LogP contribution in [-0.4, -0.2) is 23.6 Å². The van der Waals surface area contributed by atoms with Crippen molar-refractivity contribution in [3.05, 3.63) is 91.3 Å². The number of hydrogen-bond acceptors (Lipinski definition) is 4. The monoisotopic (exact) mass is 541 g/mol. The summed E-state index contributed by atoms with van der Waals surface area (Å²) in [5, 5.41) is 2.70. The molecule has 0 aliphatic rings. The number of hydrogen-bond donors (Lipinski definition) is 2. The molecule has 2 aromatic carbocycles. The third-order valence-corrected chi connectivity index (χ3v) is 5.57. The molecule has 0 saturated carbocycles. The highest BCUT2D eigenvalue weighted by molar-refractivity contribution is 9.10. The molecule has 0 radical (unpaired) electrons. The van der Waals surface area contributed by atoms with Crippen molar-refractivity contribution in [2.75, 3.05) is 13.1 Å². The number of pyridine rings is 1. The fourth-order valence-electron chi connectivity index (χ4n) is 3.16. The van der Waals surface area contributed by atoms with Crippen molar-refractivity contribution in [3.8, 4) is 11.4 Å². The molecule has 1 amide bonds. The maximum absolute atomic E-state index is 13.9. The van der Waals surface area contributed by atoms with Crippen LogP contribution in [0.3, 0.4) is 0 Å². The maximum Gasteiger partial charge on any atom is 0.273 e. The summed E-state index contributed by atoms with van der Waals surface area (Å²) in [5.74, 6) is -1.48. The lowest BCUT2D eigenvalue weighted by Crippen LogP contribution is -2.29. The molecule has 0 aliphatic heterocycles. The van der Waals surface area contributed by atoms with Crippen LogP contribution in [0.5, 0.6) is 5.75 Å². The van der Waals surface area contributed by atoms with E-state index in [0.29, 0.717) is 30.0 Å². The Morgan fingerprint density at radius 2 is 1.88 bits per heavy atom. The van der Waals surface area contributed by atoms with E-state index in [1.165, 1.54) is 10.6 Å². The summed E-state index contributed by atoms with van der Waals surface area (Å²) in [4.78, 5) is 25.5. The lowest BCUT2D eigenvalue weighted by Gasteiger charge is -2.17. The molecule has 0 atom stereocenters. The van der Waals surface area contributed by atoms with Gasteiger partial charge in [0.25, 0.3) is 11.5 Å². The number of aryl methyl sites for hydroxylation is 2. The zero-order valence-electron chi connectivity index (χ0n) is 18.0. The van der Waals surface area contributed by atoms with E-state index in [-0.39, 0.29) is 40.7 Å². The molecule has 6 nitrogen and oxygen atoms in total. The Bertz CT molecular complexity index is 1230. The Hall–Kier alpha value is -2.75. The van der Waals surface area contributed by atoms with E-state index in [1.807, 2.05) is 6.92 Å². The Balaban J connectivity index is 0.00000385. The molecule has 1 heterocycles. The normalized spacial score (nSPS) is 10.5. The molecule has 176 valence electrons. The Labute approximate surface area is 204 Å². The number of nitrogens with zero attached hydrogens (tertiary/aromatic N) is 1. The van der Waals surface area contributed by atoms with Crippen LogP contribution in [0.15, 0.2) is 51.7 Å². The Morgan fingerprint density at radius 3 is 2.55 bits per heavy atom. The van der Waals surface area contributed by atoms with E-state index < -0.39 is 17.2 Å². The number of carbonyl (C=O) groups is 1. The van der Waals surface area contributed by atoms with E-state index in [9.17, 15) is 18.4 Å². The van der Waals surface area contributed by atoms with Gasteiger partial charge in [0.15, 0.2) is 0 Å². The lowest BCUT2D eigenvalue weighted by atomic mass is 10.1. The van der Waals surface area contributed by atoms with Gasteiger partial charge in [0.1, 0.15) is 28.5 Å². The summed E-state index contributed by atoms with van der Waals surface area (Å²) in [7, 11) is 0. The largest absolute Gasteiger partial charge is 0.487 e. The molecule has 1 aromatic heterocycles. The zero-order chi connectivity index (χ0) is 23.4. The molecule has 0 spiro atoms. The van der Waals surface area contributed by atoms with Gasteiger partial charge in [0.05, 0.1) is 5.69 Å². The topological polar surface area (TPSA) is 86.3 Å². The summed E-state index contributed by atoms with van der Waals surface area (Å²) in [6, 6.07) is 9.90. The van der Waals surface area contributed by atoms with Gasteiger partial charge in [0.2, 0.25) is 0 Å². The Kier molecular flexibility index (Phi) is 9.16. The number of aromatic nitrogens is 1. The average Bonchev–Trinajstić information content (AvgIpc) is 2.75. The van der Waals surface area contributed by atoms with Crippen molar-refractivity contribution in [1.82, 2.24) is 9.88 Å². The lowest BCUT2D eigenvalue weighted by molar-refractivity contribution is 0.0954. The van der Waals surface area contributed by atoms with E-state index in [2.05, 4.69) is 21.2 Å². The summed E-state index contributed by atoms with van der Waals surface area (Å²) in [6.45, 7) is 4.04. The van der Waals surface area contributed by atoms with Gasteiger partial charge in [-0.1, -0.05) is 6.07 Å². The van der Waals surface area contributed by atoms with Crippen LogP contribution in [0.1, 0.15) is 27.2 Å². The number of benzene rings is 2. The number of halogens is 4. The molecule has 3 rings (SSSR count). The molecule has 0 saturated heterocycles. The first-order valence-electron chi connectivity index (χ1n) is 9.81. The van der Waals surface area contributed by atoms with Crippen LogP contribution >= 0.6 is 28.3 Å². The second kappa shape index (κ2) is 11.4. The minimum absolute atomic E-state index is 0. The molecule has 10 heteroatoms. The first-order valence-corrected chi connectivity index (χ1v) is 10.6. The van der Waals surface area contributed by atoms with Gasteiger partial charge < -0.3 is 15.8 Å². The first kappa shape index (κ1) is 26.5. The first-order chi connectivity index (χ1) is 15.2. The van der Waals surface area contributed by atoms with Gasteiger partial charge in [-0.25, -0.2) is 8.78 Å². The fourth-order valence-corrected chi connectivity index (χ4v) is 3.57. The molecule has 0 bridgehead atoms. The van der Waals surface area contributed by atoms with Crippen molar-refractivity contribution >= 4 is 34.2 Å². The zero-order valence-corrected chi connectivity index (χ0v) is 20.4. The van der Waals surface area contributed by atoms with Gasteiger partial charge in [-0.15, -0.1) is 12.4 Å².